The summed E-state index contributed by atoms with van der Waals surface area (Å²) in [5.41, 5.74) is 7.02. The van der Waals surface area contributed by atoms with Crippen molar-refractivity contribution in [3.05, 3.63) is 29.8 Å². The molecule has 3 rings (SSSR count). The van der Waals surface area contributed by atoms with Crippen molar-refractivity contribution in [2.75, 3.05) is 18.1 Å². The molecule has 1 saturated heterocycles. The van der Waals surface area contributed by atoms with Crippen LogP contribution in [0.4, 0.5) is 5.69 Å². The Bertz CT molecular complexity index is 716. The lowest BCUT2D eigenvalue weighted by molar-refractivity contribution is -0.171. The minimum absolute atomic E-state index is 0.00541. The average Bonchev–Trinajstić information content (AvgIpc) is 3.07. The van der Waals surface area contributed by atoms with Gasteiger partial charge in [-0.1, -0.05) is 26.0 Å². The van der Waals surface area contributed by atoms with Gasteiger partial charge in [0.05, 0.1) is 12.1 Å². The van der Waals surface area contributed by atoms with Crippen LogP contribution >= 0.6 is 0 Å². The third-order valence-corrected chi connectivity index (χ3v) is 6.36. The summed E-state index contributed by atoms with van der Waals surface area (Å²) in [6.45, 7) is 9.27. The maximum Gasteiger partial charge on any atom is 0.241 e. The molecule has 3 atom stereocenters. The smallest absolute Gasteiger partial charge is 0.241 e. The summed E-state index contributed by atoms with van der Waals surface area (Å²) >= 11 is 0. The second-order valence-corrected chi connectivity index (χ2v) is 8.28. The van der Waals surface area contributed by atoms with Crippen molar-refractivity contribution < 1.29 is 14.3 Å². The average molecular weight is 373 g/mol. The first-order chi connectivity index (χ1) is 12.7. The Kier molecular flexibility index (Phi) is 5.32. The zero-order chi connectivity index (χ0) is 19.8. The van der Waals surface area contributed by atoms with Crippen LogP contribution in [0.3, 0.4) is 0 Å². The van der Waals surface area contributed by atoms with E-state index < -0.39 is 11.0 Å². The highest BCUT2D eigenvalue weighted by Crippen LogP contribution is 2.50. The molecule has 27 heavy (non-hydrogen) atoms. The van der Waals surface area contributed by atoms with Crippen LogP contribution in [0.25, 0.3) is 0 Å². The van der Waals surface area contributed by atoms with E-state index in [4.69, 9.17) is 10.5 Å². The molecule has 2 fully saturated rings. The Morgan fingerprint density at radius 3 is 2.56 bits per heavy atom. The maximum absolute atomic E-state index is 12.9. The van der Waals surface area contributed by atoms with E-state index in [2.05, 4.69) is 5.32 Å². The van der Waals surface area contributed by atoms with E-state index in [0.717, 1.165) is 24.2 Å². The van der Waals surface area contributed by atoms with Crippen LogP contribution in [0, 0.1) is 5.41 Å². The van der Waals surface area contributed by atoms with E-state index in [1.807, 2.05) is 56.9 Å². The highest BCUT2D eigenvalue weighted by molar-refractivity contribution is 5.95. The Morgan fingerprint density at radius 2 is 2.04 bits per heavy atom. The van der Waals surface area contributed by atoms with Crippen molar-refractivity contribution in [2.24, 2.45) is 11.1 Å². The van der Waals surface area contributed by atoms with Gasteiger partial charge in [-0.05, 0) is 38.0 Å². The van der Waals surface area contributed by atoms with E-state index in [0.29, 0.717) is 19.4 Å². The van der Waals surface area contributed by atoms with Crippen molar-refractivity contribution in [1.82, 2.24) is 5.32 Å². The summed E-state index contributed by atoms with van der Waals surface area (Å²) in [5.74, 6) is 0.0278. The van der Waals surface area contributed by atoms with Crippen LogP contribution in [-0.4, -0.2) is 36.6 Å². The number of carbonyl (C=O) groups excluding carboxylic acids is 2. The van der Waals surface area contributed by atoms with Gasteiger partial charge in [0.2, 0.25) is 11.8 Å². The summed E-state index contributed by atoms with van der Waals surface area (Å²) in [4.78, 5) is 26.6. The molecule has 0 radical (unpaired) electrons. The second kappa shape index (κ2) is 7.24. The monoisotopic (exact) mass is 373 g/mol. The van der Waals surface area contributed by atoms with Crippen molar-refractivity contribution in [3.8, 4) is 0 Å². The molecule has 1 heterocycles. The second-order valence-electron chi connectivity index (χ2n) is 8.28. The molecule has 2 aliphatic rings. The van der Waals surface area contributed by atoms with E-state index in [1.165, 1.54) is 0 Å². The zero-order valence-corrected chi connectivity index (χ0v) is 16.7. The summed E-state index contributed by atoms with van der Waals surface area (Å²) in [5, 5.41) is 3.05. The molecule has 1 aliphatic carbocycles. The number of hydrogen-bond donors (Lipinski definition) is 2. The van der Waals surface area contributed by atoms with Gasteiger partial charge in [0.15, 0.2) is 0 Å². The highest BCUT2D eigenvalue weighted by Gasteiger charge is 2.62. The normalized spacial score (nSPS) is 28.0. The van der Waals surface area contributed by atoms with E-state index in [9.17, 15) is 9.59 Å². The molecule has 6 nitrogen and oxygen atoms in total. The minimum Gasteiger partial charge on any atom is -0.378 e. The van der Waals surface area contributed by atoms with Crippen molar-refractivity contribution in [2.45, 2.75) is 64.6 Å². The number of nitrogens with one attached hydrogen (secondary N) is 1. The number of rotatable bonds is 6. The molecule has 0 aromatic heterocycles. The molecule has 3 N–H and O–H groups in total. The third kappa shape index (κ3) is 3.36. The molecule has 2 amide bonds. The fourth-order valence-corrected chi connectivity index (χ4v) is 4.09. The molecule has 0 bridgehead atoms. The number of benzene rings is 1. The number of ether oxygens (including phenoxy) is 1. The summed E-state index contributed by atoms with van der Waals surface area (Å²) in [6.07, 6.45) is 2.06. The fraction of sp³-hybridized carbons (Fsp3) is 0.619. The van der Waals surface area contributed by atoms with Crippen molar-refractivity contribution in [3.63, 3.8) is 0 Å². The molecule has 148 valence electrons. The highest BCUT2D eigenvalue weighted by atomic mass is 16.5. The molecule has 1 saturated carbocycles. The first-order valence-electron chi connectivity index (χ1n) is 9.82. The molecular weight excluding hydrogens is 342 g/mol. The molecule has 0 spiro atoms. The van der Waals surface area contributed by atoms with Crippen molar-refractivity contribution in [1.29, 1.82) is 0 Å². The molecule has 1 aromatic carbocycles. The number of nitrogens with two attached hydrogens (primary N) is 1. The Balaban J connectivity index is 1.64. The van der Waals surface area contributed by atoms with Gasteiger partial charge < -0.3 is 20.7 Å². The molecule has 6 heteroatoms. The number of amides is 2. The lowest BCUT2D eigenvalue weighted by Crippen LogP contribution is -2.75. The Labute approximate surface area is 161 Å². The van der Waals surface area contributed by atoms with E-state index >= 15 is 0 Å². The lowest BCUT2D eigenvalue weighted by atomic mass is 9.54. The number of carbonyl (C=O) groups is 2. The predicted octanol–water partition coefficient (Wildman–Crippen LogP) is 2.52. The van der Waals surface area contributed by atoms with Crippen molar-refractivity contribution >= 4 is 17.5 Å². The number of hydrogen-bond acceptors (Lipinski definition) is 4. The first-order valence-corrected chi connectivity index (χ1v) is 9.82. The van der Waals surface area contributed by atoms with Gasteiger partial charge in [0, 0.05) is 37.1 Å². The van der Waals surface area contributed by atoms with Crippen LogP contribution in [0.2, 0.25) is 0 Å². The van der Waals surface area contributed by atoms with Gasteiger partial charge >= 0.3 is 0 Å². The topological polar surface area (TPSA) is 84.7 Å². The van der Waals surface area contributed by atoms with E-state index in [1.54, 1.807) is 0 Å². The van der Waals surface area contributed by atoms with Gasteiger partial charge in [-0.25, -0.2) is 0 Å². The summed E-state index contributed by atoms with van der Waals surface area (Å²) in [7, 11) is 0. The summed E-state index contributed by atoms with van der Waals surface area (Å²) in [6, 6.07) is 7.65. The van der Waals surface area contributed by atoms with Gasteiger partial charge in [0.1, 0.15) is 5.54 Å². The fourth-order valence-electron chi connectivity index (χ4n) is 4.09. The number of anilines is 1. The molecule has 1 aromatic rings. The largest absolute Gasteiger partial charge is 0.378 e. The molecule has 1 aliphatic heterocycles. The van der Waals surface area contributed by atoms with Gasteiger partial charge in [-0.3, -0.25) is 9.59 Å². The van der Waals surface area contributed by atoms with Crippen LogP contribution in [0.15, 0.2) is 24.3 Å². The van der Waals surface area contributed by atoms with Crippen LogP contribution in [0.5, 0.6) is 0 Å². The van der Waals surface area contributed by atoms with Crippen LogP contribution < -0.4 is 16.0 Å². The standard InChI is InChI=1S/C21H31N3O3/c1-5-27-17-13-21(22,20(17,3)4)19(26)23-14(2)15-8-10-16(11-9-15)24-12-6-7-18(24)25/h8-11,14,17H,5-7,12-13,22H2,1-4H3,(H,23,26). The number of nitrogens with zero attached hydrogens (tertiary/aromatic N) is 1. The Morgan fingerprint density at radius 1 is 1.37 bits per heavy atom. The molecule has 3 unspecified atom stereocenters. The minimum atomic E-state index is -0.928. The lowest BCUT2D eigenvalue weighted by Gasteiger charge is -2.57. The van der Waals surface area contributed by atoms with Gasteiger partial charge in [-0.2, -0.15) is 0 Å². The maximum atomic E-state index is 12.9. The third-order valence-electron chi connectivity index (χ3n) is 6.36. The quantitative estimate of drug-likeness (QED) is 0.802. The molecular formula is C21H31N3O3. The van der Waals surface area contributed by atoms with E-state index in [-0.39, 0.29) is 24.0 Å². The predicted molar refractivity (Wildman–Crippen MR) is 105 cm³/mol. The van der Waals surface area contributed by atoms with Crippen LogP contribution in [-0.2, 0) is 14.3 Å². The first kappa shape index (κ1) is 19.8. The Hall–Kier alpha value is -1.92. The zero-order valence-electron chi connectivity index (χ0n) is 16.7. The van der Waals surface area contributed by atoms with Gasteiger partial charge in [0.25, 0.3) is 0 Å². The van der Waals surface area contributed by atoms with Gasteiger partial charge in [-0.15, -0.1) is 0 Å². The SMILES string of the molecule is CCOC1CC(N)(C(=O)NC(C)c2ccc(N3CCCC3=O)cc2)C1(C)C. The van der Waals surface area contributed by atoms with Crippen LogP contribution in [0.1, 0.15) is 58.6 Å². The summed E-state index contributed by atoms with van der Waals surface area (Å²) < 4.78 is 5.71.